The van der Waals surface area contributed by atoms with Crippen LogP contribution in [0, 0.1) is 0 Å². The molecule has 2 amide bonds. The Kier molecular flexibility index (Phi) is 3.81. The van der Waals surface area contributed by atoms with E-state index < -0.39 is 11.8 Å². The largest absolute Gasteiger partial charge is 0.298 e. The molecule has 0 saturated carbocycles. The minimum atomic E-state index is -0.397. The second-order valence-electron chi connectivity index (χ2n) is 5.02. The molecule has 0 unspecified atom stereocenters. The zero-order valence-corrected chi connectivity index (χ0v) is 12.7. The number of Topliss-reactive ketones (excluding diaryl/α,β-unsaturated/α-hetero) is 1. The molecule has 5 heteroatoms. The minimum Gasteiger partial charge on any atom is -0.298 e. The Balaban J connectivity index is 1.90. The van der Waals surface area contributed by atoms with E-state index in [0.29, 0.717) is 11.1 Å². The van der Waals surface area contributed by atoms with Crippen molar-refractivity contribution < 1.29 is 14.4 Å². The average Bonchev–Trinajstić information content (AvgIpc) is 2.73. The molecule has 0 N–H and O–H groups in total. The highest BCUT2D eigenvalue weighted by atomic mass is 32.2. The minimum absolute atomic E-state index is 0.173. The second-order valence-corrected chi connectivity index (χ2v) is 6.17. The van der Waals surface area contributed by atoms with Gasteiger partial charge in [0, 0.05) is 9.79 Å². The van der Waals surface area contributed by atoms with Gasteiger partial charge in [0.2, 0.25) is 0 Å². The third kappa shape index (κ3) is 2.67. The van der Waals surface area contributed by atoms with Crippen molar-refractivity contribution in [1.29, 1.82) is 0 Å². The summed E-state index contributed by atoms with van der Waals surface area (Å²) in [5.74, 6) is -1.01. The monoisotopic (exact) mass is 311 g/mol. The van der Waals surface area contributed by atoms with Crippen LogP contribution in [0.2, 0.25) is 0 Å². The number of rotatable bonds is 4. The molecule has 0 spiro atoms. The first-order valence-corrected chi connectivity index (χ1v) is 7.60. The van der Waals surface area contributed by atoms with Crippen LogP contribution in [0.1, 0.15) is 27.6 Å². The van der Waals surface area contributed by atoms with E-state index in [9.17, 15) is 14.4 Å². The van der Waals surface area contributed by atoms with E-state index in [1.165, 1.54) is 18.7 Å². The first kappa shape index (κ1) is 14.5. The number of amides is 2. The molecular formula is C17H13NO3S. The Bertz CT molecular complexity index is 771. The molecule has 22 heavy (non-hydrogen) atoms. The summed E-state index contributed by atoms with van der Waals surface area (Å²) in [4.78, 5) is 38.6. The van der Waals surface area contributed by atoms with Crippen LogP contribution < -0.4 is 0 Å². The molecular weight excluding hydrogens is 298 g/mol. The molecule has 1 aliphatic heterocycles. The number of carbonyl (C=O) groups excluding carboxylic acids is 3. The molecule has 2 aromatic carbocycles. The van der Waals surface area contributed by atoms with Crippen molar-refractivity contribution in [3.63, 3.8) is 0 Å². The number of hydrogen-bond acceptors (Lipinski definition) is 4. The Morgan fingerprint density at radius 3 is 2.32 bits per heavy atom. The average molecular weight is 311 g/mol. The Hall–Kier alpha value is -2.40. The van der Waals surface area contributed by atoms with Gasteiger partial charge in [-0.1, -0.05) is 30.0 Å². The lowest BCUT2D eigenvalue weighted by Gasteiger charge is -2.10. The van der Waals surface area contributed by atoms with Gasteiger partial charge in [0.05, 0.1) is 17.7 Å². The Morgan fingerprint density at radius 1 is 0.955 bits per heavy atom. The van der Waals surface area contributed by atoms with Crippen molar-refractivity contribution in [1.82, 2.24) is 4.90 Å². The number of imide groups is 1. The predicted octanol–water partition coefficient (Wildman–Crippen LogP) is 3.02. The molecule has 1 aliphatic rings. The van der Waals surface area contributed by atoms with Gasteiger partial charge in [-0.25, -0.2) is 0 Å². The van der Waals surface area contributed by atoms with Gasteiger partial charge < -0.3 is 0 Å². The van der Waals surface area contributed by atoms with Crippen LogP contribution in [0.15, 0.2) is 58.3 Å². The van der Waals surface area contributed by atoms with Gasteiger partial charge in [-0.2, -0.15) is 0 Å². The molecule has 3 rings (SSSR count). The van der Waals surface area contributed by atoms with Crippen molar-refractivity contribution in [2.75, 3.05) is 6.54 Å². The molecule has 0 aromatic heterocycles. The summed E-state index contributed by atoms with van der Waals surface area (Å²) < 4.78 is 0. The summed E-state index contributed by atoms with van der Waals surface area (Å²) in [5, 5.41) is 0. The molecule has 4 nitrogen and oxygen atoms in total. The molecule has 0 radical (unpaired) electrons. The van der Waals surface area contributed by atoms with Crippen LogP contribution in [0.3, 0.4) is 0 Å². The first-order chi connectivity index (χ1) is 10.6. The summed E-state index contributed by atoms with van der Waals surface area (Å²) in [6, 6.07) is 15.0. The molecule has 0 bridgehead atoms. The first-order valence-electron chi connectivity index (χ1n) is 6.79. The highest BCUT2D eigenvalue weighted by Crippen LogP contribution is 2.32. The van der Waals surface area contributed by atoms with Gasteiger partial charge in [-0.15, -0.1) is 0 Å². The summed E-state index contributed by atoms with van der Waals surface area (Å²) in [6.45, 7) is 1.19. The maximum Gasteiger partial charge on any atom is 0.262 e. The fourth-order valence-corrected chi connectivity index (χ4v) is 3.20. The number of fused-ring (bicyclic) bond motifs is 1. The highest BCUT2D eigenvalue weighted by molar-refractivity contribution is 7.99. The van der Waals surface area contributed by atoms with E-state index >= 15 is 0 Å². The fraction of sp³-hybridized carbons (Fsp3) is 0.118. The fourth-order valence-electron chi connectivity index (χ4n) is 2.32. The summed E-state index contributed by atoms with van der Waals surface area (Å²) >= 11 is 1.52. The maximum absolute atomic E-state index is 12.3. The number of benzene rings is 2. The highest BCUT2D eigenvalue weighted by Gasteiger charge is 2.36. The normalized spacial score (nSPS) is 13.4. The zero-order valence-electron chi connectivity index (χ0n) is 11.9. The second kappa shape index (κ2) is 5.77. The van der Waals surface area contributed by atoms with E-state index in [4.69, 9.17) is 0 Å². The van der Waals surface area contributed by atoms with Gasteiger partial charge in [-0.05, 0) is 37.3 Å². The van der Waals surface area contributed by atoms with E-state index in [0.717, 1.165) is 14.7 Å². The molecule has 0 fully saturated rings. The van der Waals surface area contributed by atoms with Gasteiger partial charge in [0.1, 0.15) is 5.78 Å². The molecule has 0 atom stereocenters. The number of carbonyl (C=O) groups is 3. The zero-order chi connectivity index (χ0) is 15.7. The Morgan fingerprint density at radius 2 is 1.64 bits per heavy atom. The van der Waals surface area contributed by atoms with Crippen LogP contribution in [-0.4, -0.2) is 29.0 Å². The SMILES string of the molecule is CC(=O)CN1C(=O)c2ccc(Sc3ccccc3)cc2C1=O. The smallest absolute Gasteiger partial charge is 0.262 e. The van der Waals surface area contributed by atoms with E-state index in [2.05, 4.69) is 0 Å². The summed E-state index contributed by atoms with van der Waals surface area (Å²) in [7, 11) is 0. The van der Waals surface area contributed by atoms with Gasteiger partial charge in [0.15, 0.2) is 0 Å². The van der Waals surface area contributed by atoms with Crippen molar-refractivity contribution in [3.8, 4) is 0 Å². The summed E-state index contributed by atoms with van der Waals surface area (Å²) in [6.07, 6.45) is 0. The van der Waals surface area contributed by atoms with Gasteiger partial charge in [0.25, 0.3) is 11.8 Å². The lowest BCUT2D eigenvalue weighted by molar-refractivity contribution is -0.117. The van der Waals surface area contributed by atoms with Crippen molar-refractivity contribution in [3.05, 3.63) is 59.7 Å². The van der Waals surface area contributed by atoms with Crippen molar-refractivity contribution in [2.45, 2.75) is 16.7 Å². The molecule has 1 heterocycles. The van der Waals surface area contributed by atoms with Gasteiger partial charge in [-0.3, -0.25) is 19.3 Å². The van der Waals surface area contributed by atoms with Crippen LogP contribution in [0.4, 0.5) is 0 Å². The quantitative estimate of drug-likeness (QED) is 0.815. The van der Waals surface area contributed by atoms with Crippen LogP contribution in [-0.2, 0) is 4.79 Å². The summed E-state index contributed by atoms with van der Waals surface area (Å²) in [5.41, 5.74) is 0.732. The van der Waals surface area contributed by atoms with E-state index in [1.807, 2.05) is 36.4 Å². The van der Waals surface area contributed by atoms with E-state index in [1.54, 1.807) is 12.1 Å². The lowest BCUT2D eigenvalue weighted by Crippen LogP contribution is -2.33. The third-order valence-corrected chi connectivity index (χ3v) is 4.30. The van der Waals surface area contributed by atoms with Crippen LogP contribution >= 0.6 is 11.8 Å². The number of nitrogens with zero attached hydrogens (tertiary/aromatic N) is 1. The van der Waals surface area contributed by atoms with Crippen molar-refractivity contribution >= 4 is 29.4 Å². The van der Waals surface area contributed by atoms with Crippen LogP contribution in [0.5, 0.6) is 0 Å². The van der Waals surface area contributed by atoms with Gasteiger partial charge >= 0.3 is 0 Å². The van der Waals surface area contributed by atoms with Crippen LogP contribution in [0.25, 0.3) is 0 Å². The number of hydrogen-bond donors (Lipinski definition) is 0. The number of ketones is 1. The maximum atomic E-state index is 12.3. The molecule has 2 aromatic rings. The molecule has 0 saturated heterocycles. The lowest BCUT2D eigenvalue weighted by atomic mass is 10.1. The van der Waals surface area contributed by atoms with Crippen molar-refractivity contribution in [2.24, 2.45) is 0 Å². The topological polar surface area (TPSA) is 54.5 Å². The Labute approximate surface area is 132 Å². The molecule has 0 aliphatic carbocycles. The van der Waals surface area contributed by atoms with E-state index in [-0.39, 0.29) is 12.3 Å². The predicted molar refractivity (Wildman–Crippen MR) is 83.1 cm³/mol. The molecule has 110 valence electrons. The standard InChI is InChI=1S/C17H13NO3S/c1-11(19)10-18-16(20)14-8-7-13(9-15(14)17(18)21)22-12-5-3-2-4-6-12/h2-9H,10H2,1H3. The third-order valence-electron chi connectivity index (χ3n) is 3.30.